The van der Waals surface area contributed by atoms with Crippen molar-refractivity contribution < 1.29 is 14.3 Å². The quantitative estimate of drug-likeness (QED) is 0.531. The van der Waals surface area contributed by atoms with Gasteiger partial charge in [0.05, 0.1) is 23.7 Å². The first-order valence-electron chi connectivity index (χ1n) is 9.17. The summed E-state index contributed by atoms with van der Waals surface area (Å²) >= 11 is 1.59. The van der Waals surface area contributed by atoms with Gasteiger partial charge in [0.15, 0.2) is 6.61 Å². The van der Waals surface area contributed by atoms with E-state index in [1.54, 1.807) is 28.4 Å². The average Bonchev–Trinajstić information content (AvgIpc) is 3.28. The number of esters is 1. The Morgan fingerprint density at radius 1 is 1.00 bits per heavy atom. The number of nitrogens with zero attached hydrogens (tertiary/aromatic N) is 2. The van der Waals surface area contributed by atoms with Crippen LogP contribution in [0.3, 0.4) is 0 Å². The van der Waals surface area contributed by atoms with E-state index in [0.29, 0.717) is 24.2 Å². The molecule has 0 aliphatic carbocycles. The van der Waals surface area contributed by atoms with E-state index in [-0.39, 0.29) is 12.5 Å². The van der Waals surface area contributed by atoms with Gasteiger partial charge >= 0.3 is 5.97 Å². The molecule has 0 aliphatic heterocycles. The zero-order valence-corrected chi connectivity index (χ0v) is 16.6. The molecule has 2 aromatic carbocycles. The first-order valence-corrected chi connectivity index (χ1v) is 10.0. The minimum atomic E-state index is -0.582. The maximum atomic E-state index is 12.7. The fourth-order valence-electron chi connectivity index (χ4n) is 2.77. The Hall–Kier alpha value is -3.43. The van der Waals surface area contributed by atoms with Crippen LogP contribution in [0.15, 0.2) is 72.1 Å². The van der Waals surface area contributed by atoms with E-state index in [0.717, 1.165) is 16.9 Å². The van der Waals surface area contributed by atoms with Crippen LogP contribution in [-0.2, 0) is 22.5 Å². The molecule has 1 aromatic heterocycles. The number of rotatable bonds is 8. The molecule has 0 N–H and O–H groups in total. The summed E-state index contributed by atoms with van der Waals surface area (Å²) in [4.78, 5) is 27.7. The monoisotopic (exact) mass is 404 g/mol. The molecule has 146 valence electrons. The number of carbonyl (C=O) groups excluding carboxylic acids is 2. The van der Waals surface area contributed by atoms with Crippen molar-refractivity contribution in [2.75, 3.05) is 13.2 Å². The summed E-state index contributed by atoms with van der Waals surface area (Å²) in [5, 5.41) is 10.8. The highest BCUT2D eigenvalue weighted by molar-refractivity contribution is 7.09. The summed E-state index contributed by atoms with van der Waals surface area (Å²) in [5.74, 6) is -0.821. The zero-order chi connectivity index (χ0) is 20.5. The second kappa shape index (κ2) is 10.2. The van der Waals surface area contributed by atoms with E-state index >= 15 is 0 Å². The molecule has 3 rings (SSSR count). The highest BCUT2D eigenvalue weighted by Gasteiger charge is 2.17. The zero-order valence-electron chi connectivity index (χ0n) is 15.8. The Morgan fingerprint density at radius 3 is 2.41 bits per heavy atom. The van der Waals surface area contributed by atoms with Crippen molar-refractivity contribution >= 4 is 23.2 Å². The van der Waals surface area contributed by atoms with E-state index in [4.69, 9.17) is 10.00 Å². The van der Waals surface area contributed by atoms with Crippen LogP contribution in [0.1, 0.15) is 26.4 Å². The summed E-state index contributed by atoms with van der Waals surface area (Å²) in [6.45, 7) is 0.700. The molecule has 0 saturated carbocycles. The molecule has 0 spiro atoms. The molecule has 1 amide bonds. The van der Waals surface area contributed by atoms with Crippen molar-refractivity contribution in [1.82, 2.24) is 4.90 Å². The van der Waals surface area contributed by atoms with Crippen molar-refractivity contribution in [2.45, 2.75) is 13.0 Å². The van der Waals surface area contributed by atoms with Crippen LogP contribution < -0.4 is 0 Å². The fourth-order valence-corrected chi connectivity index (χ4v) is 3.49. The first kappa shape index (κ1) is 20.3. The molecule has 0 atom stereocenters. The normalized spacial score (nSPS) is 10.2. The molecule has 0 radical (unpaired) electrons. The Balaban J connectivity index is 1.60. The second-order valence-corrected chi connectivity index (χ2v) is 7.43. The van der Waals surface area contributed by atoms with Crippen molar-refractivity contribution in [1.29, 1.82) is 5.26 Å². The van der Waals surface area contributed by atoms with E-state index in [1.807, 2.05) is 53.9 Å². The standard InChI is InChI=1S/C23H20N2O3S/c24-15-19-8-10-20(11-9-19)23(27)28-17-22(26)25(16-21-7-4-14-29-21)13-12-18-5-2-1-3-6-18/h1-11,14H,12-13,16-17H2. The number of amides is 1. The summed E-state index contributed by atoms with van der Waals surface area (Å²) in [6.07, 6.45) is 0.724. The molecule has 0 fully saturated rings. The molecule has 0 unspecified atom stereocenters. The molecule has 0 aliphatic rings. The third kappa shape index (κ3) is 6.03. The van der Waals surface area contributed by atoms with Gasteiger partial charge in [0, 0.05) is 11.4 Å². The van der Waals surface area contributed by atoms with Crippen molar-refractivity contribution in [3.63, 3.8) is 0 Å². The largest absolute Gasteiger partial charge is 0.452 e. The lowest BCUT2D eigenvalue weighted by atomic mass is 10.1. The van der Waals surface area contributed by atoms with Crippen molar-refractivity contribution in [3.05, 3.63) is 93.7 Å². The van der Waals surface area contributed by atoms with Crippen LogP contribution >= 0.6 is 11.3 Å². The van der Waals surface area contributed by atoms with Gasteiger partial charge < -0.3 is 9.64 Å². The van der Waals surface area contributed by atoms with Crippen molar-refractivity contribution in [2.24, 2.45) is 0 Å². The van der Waals surface area contributed by atoms with Gasteiger partial charge in [-0.15, -0.1) is 11.3 Å². The third-order valence-corrected chi connectivity index (χ3v) is 5.23. The lowest BCUT2D eigenvalue weighted by Crippen LogP contribution is -2.35. The predicted molar refractivity (Wildman–Crippen MR) is 111 cm³/mol. The second-order valence-electron chi connectivity index (χ2n) is 6.40. The summed E-state index contributed by atoms with van der Waals surface area (Å²) in [5.41, 5.74) is 1.91. The molecule has 0 bridgehead atoms. The third-order valence-electron chi connectivity index (χ3n) is 4.37. The Kier molecular flexibility index (Phi) is 7.15. The number of hydrogen-bond acceptors (Lipinski definition) is 5. The average molecular weight is 404 g/mol. The van der Waals surface area contributed by atoms with Gasteiger partial charge in [-0.2, -0.15) is 5.26 Å². The van der Waals surface area contributed by atoms with Crippen LogP contribution in [0.2, 0.25) is 0 Å². The van der Waals surface area contributed by atoms with E-state index in [9.17, 15) is 9.59 Å². The van der Waals surface area contributed by atoms with Crippen LogP contribution in [0, 0.1) is 11.3 Å². The lowest BCUT2D eigenvalue weighted by molar-refractivity contribution is -0.135. The minimum Gasteiger partial charge on any atom is -0.452 e. The maximum Gasteiger partial charge on any atom is 0.338 e. The van der Waals surface area contributed by atoms with E-state index in [2.05, 4.69) is 0 Å². The highest BCUT2D eigenvalue weighted by Crippen LogP contribution is 2.13. The number of hydrogen-bond donors (Lipinski definition) is 0. The molecular weight excluding hydrogens is 384 g/mol. The van der Waals surface area contributed by atoms with E-state index in [1.165, 1.54) is 12.1 Å². The topological polar surface area (TPSA) is 70.4 Å². The Morgan fingerprint density at radius 2 is 1.76 bits per heavy atom. The fraction of sp³-hybridized carbons (Fsp3) is 0.174. The van der Waals surface area contributed by atoms with Crippen LogP contribution in [0.4, 0.5) is 0 Å². The highest BCUT2D eigenvalue weighted by atomic mass is 32.1. The first-order chi connectivity index (χ1) is 14.2. The van der Waals surface area contributed by atoms with Crippen molar-refractivity contribution in [3.8, 4) is 6.07 Å². The number of thiophene rings is 1. The molecular formula is C23H20N2O3S. The molecule has 0 saturated heterocycles. The van der Waals surface area contributed by atoms with E-state index < -0.39 is 5.97 Å². The molecule has 5 nitrogen and oxygen atoms in total. The summed E-state index contributed by atoms with van der Waals surface area (Å²) in [6, 6.07) is 22.0. The van der Waals surface area contributed by atoms with Gasteiger partial charge in [-0.1, -0.05) is 36.4 Å². The predicted octanol–water partition coefficient (Wildman–Crippen LogP) is 4.05. The van der Waals surface area contributed by atoms with Gasteiger partial charge in [0.25, 0.3) is 5.91 Å². The summed E-state index contributed by atoms with van der Waals surface area (Å²) in [7, 11) is 0. The summed E-state index contributed by atoms with van der Waals surface area (Å²) < 4.78 is 5.21. The molecule has 29 heavy (non-hydrogen) atoms. The van der Waals surface area contributed by atoms with Gasteiger partial charge in [0.2, 0.25) is 0 Å². The minimum absolute atomic E-state index is 0.240. The van der Waals surface area contributed by atoms with Gasteiger partial charge in [-0.3, -0.25) is 4.79 Å². The number of carbonyl (C=O) groups is 2. The number of ether oxygens (including phenoxy) is 1. The molecule has 3 aromatic rings. The Bertz CT molecular complexity index is 977. The SMILES string of the molecule is N#Cc1ccc(C(=O)OCC(=O)N(CCc2ccccc2)Cc2cccs2)cc1. The lowest BCUT2D eigenvalue weighted by Gasteiger charge is -2.22. The van der Waals surface area contributed by atoms with Gasteiger partial charge in [-0.05, 0) is 47.7 Å². The van der Waals surface area contributed by atoms with Gasteiger partial charge in [0.1, 0.15) is 0 Å². The van der Waals surface area contributed by atoms with Crippen LogP contribution in [0.25, 0.3) is 0 Å². The van der Waals surface area contributed by atoms with Gasteiger partial charge in [-0.25, -0.2) is 4.79 Å². The van der Waals surface area contributed by atoms with Crippen LogP contribution in [-0.4, -0.2) is 29.9 Å². The smallest absolute Gasteiger partial charge is 0.338 e. The Labute approximate surface area is 173 Å². The molecule has 1 heterocycles. The maximum absolute atomic E-state index is 12.7. The van der Waals surface area contributed by atoms with Crippen LogP contribution in [0.5, 0.6) is 0 Å². The number of nitriles is 1. The molecule has 6 heteroatoms. The number of benzene rings is 2.